The zero-order valence-corrected chi connectivity index (χ0v) is 7.33. The molecule has 0 saturated carbocycles. The molecule has 0 spiro atoms. The van der Waals surface area contributed by atoms with E-state index >= 15 is 0 Å². The van der Waals surface area contributed by atoms with Crippen LogP contribution in [0.25, 0.3) is 0 Å². The van der Waals surface area contributed by atoms with Gasteiger partial charge in [0.15, 0.2) is 0 Å². The molecule has 1 rings (SSSR count). The average Bonchev–Trinajstić information content (AvgIpc) is 2.36. The highest BCUT2D eigenvalue weighted by Crippen LogP contribution is 2.11. The molecular formula is C8H15N3. The van der Waals surface area contributed by atoms with Crippen molar-refractivity contribution in [2.75, 3.05) is 13.6 Å². The summed E-state index contributed by atoms with van der Waals surface area (Å²) in [4.78, 5) is 0. The van der Waals surface area contributed by atoms with Gasteiger partial charge in [0.25, 0.3) is 0 Å². The maximum absolute atomic E-state index is 4.11. The van der Waals surface area contributed by atoms with Crippen molar-refractivity contribution < 1.29 is 0 Å². The maximum Gasteiger partial charge on any atom is 0.0524 e. The van der Waals surface area contributed by atoms with Crippen molar-refractivity contribution in [3.05, 3.63) is 18.0 Å². The molecule has 0 aromatic carbocycles. The zero-order chi connectivity index (χ0) is 8.27. The minimum absolute atomic E-state index is 0.550. The second-order valence-electron chi connectivity index (χ2n) is 2.91. The van der Waals surface area contributed by atoms with Gasteiger partial charge in [-0.2, -0.15) is 5.10 Å². The fourth-order valence-electron chi connectivity index (χ4n) is 1.12. The van der Waals surface area contributed by atoms with Gasteiger partial charge in [-0.3, -0.25) is 4.68 Å². The topological polar surface area (TPSA) is 29.9 Å². The number of nitrogens with one attached hydrogen (secondary N) is 1. The average molecular weight is 153 g/mol. The standard InChI is InChI=1S/C8H15N3/c1-7(4-9-2)8-5-10-11(3)6-8/h5-7,9H,4H2,1-3H3. The van der Waals surface area contributed by atoms with E-state index in [0.717, 1.165) is 6.54 Å². The lowest BCUT2D eigenvalue weighted by Gasteiger charge is -2.06. The van der Waals surface area contributed by atoms with Gasteiger partial charge in [0.2, 0.25) is 0 Å². The van der Waals surface area contributed by atoms with Crippen LogP contribution in [0.1, 0.15) is 18.4 Å². The summed E-state index contributed by atoms with van der Waals surface area (Å²) in [5.41, 5.74) is 1.29. The molecule has 62 valence electrons. The van der Waals surface area contributed by atoms with Crippen molar-refractivity contribution in [2.24, 2.45) is 7.05 Å². The number of aromatic nitrogens is 2. The highest BCUT2D eigenvalue weighted by atomic mass is 15.2. The summed E-state index contributed by atoms with van der Waals surface area (Å²) in [5, 5.41) is 7.25. The van der Waals surface area contributed by atoms with Crippen molar-refractivity contribution in [3.8, 4) is 0 Å². The lowest BCUT2D eigenvalue weighted by Crippen LogP contribution is -2.14. The zero-order valence-electron chi connectivity index (χ0n) is 7.33. The van der Waals surface area contributed by atoms with Crippen LogP contribution in [0.15, 0.2) is 12.4 Å². The highest BCUT2D eigenvalue weighted by Gasteiger charge is 2.04. The van der Waals surface area contributed by atoms with Crippen LogP contribution < -0.4 is 5.32 Å². The van der Waals surface area contributed by atoms with Crippen LogP contribution in [-0.4, -0.2) is 23.4 Å². The molecule has 0 fully saturated rings. The summed E-state index contributed by atoms with van der Waals surface area (Å²) in [6, 6.07) is 0. The molecule has 1 aromatic heterocycles. The molecule has 1 aromatic rings. The molecule has 1 atom stereocenters. The first-order valence-electron chi connectivity index (χ1n) is 3.87. The molecule has 0 saturated heterocycles. The predicted molar refractivity (Wildman–Crippen MR) is 45.5 cm³/mol. The molecule has 0 bridgehead atoms. The van der Waals surface area contributed by atoms with E-state index in [1.807, 2.05) is 25.0 Å². The van der Waals surface area contributed by atoms with E-state index in [1.165, 1.54) is 5.56 Å². The molecule has 11 heavy (non-hydrogen) atoms. The minimum atomic E-state index is 0.550. The van der Waals surface area contributed by atoms with Crippen LogP contribution in [0.5, 0.6) is 0 Å². The molecule has 3 heteroatoms. The largest absolute Gasteiger partial charge is 0.319 e. The van der Waals surface area contributed by atoms with E-state index in [4.69, 9.17) is 0 Å². The third-order valence-electron chi connectivity index (χ3n) is 1.80. The van der Waals surface area contributed by atoms with Crippen LogP contribution in [-0.2, 0) is 7.05 Å². The first-order valence-corrected chi connectivity index (χ1v) is 3.87. The first-order chi connectivity index (χ1) is 5.24. The highest BCUT2D eigenvalue weighted by molar-refractivity contribution is 5.10. The normalized spacial score (nSPS) is 13.4. The van der Waals surface area contributed by atoms with Gasteiger partial charge in [-0.25, -0.2) is 0 Å². The number of rotatable bonds is 3. The van der Waals surface area contributed by atoms with Gasteiger partial charge in [0.1, 0.15) is 0 Å². The number of likely N-dealkylation sites (N-methyl/N-ethyl adjacent to an activating group) is 1. The molecule has 0 aliphatic heterocycles. The van der Waals surface area contributed by atoms with Crippen molar-refractivity contribution in [1.29, 1.82) is 0 Å². The smallest absolute Gasteiger partial charge is 0.0524 e. The summed E-state index contributed by atoms with van der Waals surface area (Å²) >= 11 is 0. The summed E-state index contributed by atoms with van der Waals surface area (Å²) in [5.74, 6) is 0.550. The van der Waals surface area contributed by atoms with Crippen LogP contribution in [0, 0.1) is 0 Å². The number of hydrogen-bond donors (Lipinski definition) is 1. The predicted octanol–water partition coefficient (Wildman–Crippen LogP) is 0.743. The Hall–Kier alpha value is -0.830. The van der Waals surface area contributed by atoms with Crippen LogP contribution in [0.2, 0.25) is 0 Å². The van der Waals surface area contributed by atoms with E-state index in [9.17, 15) is 0 Å². The molecular weight excluding hydrogens is 138 g/mol. The van der Waals surface area contributed by atoms with E-state index in [0.29, 0.717) is 5.92 Å². The third kappa shape index (κ3) is 2.05. The molecule has 3 nitrogen and oxygen atoms in total. The van der Waals surface area contributed by atoms with Crippen molar-refractivity contribution in [2.45, 2.75) is 12.8 Å². The van der Waals surface area contributed by atoms with Crippen LogP contribution in [0.4, 0.5) is 0 Å². The van der Waals surface area contributed by atoms with E-state index in [-0.39, 0.29) is 0 Å². The Kier molecular flexibility index (Phi) is 2.65. The fourth-order valence-corrected chi connectivity index (χ4v) is 1.12. The molecule has 1 heterocycles. The van der Waals surface area contributed by atoms with E-state index < -0.39 is 0 Å². The maximum atomic E-state index is 4.11. The Morgan fingerprint density at radius 2 is 2.45 bits per heavy atom. The van der Waals surface area contributed by atoms with Crippen LogP contribution >= 0.6 is 0 Å². The molecule has 0 aliphatic rings. The lowest BCUT2D eigenvalue weighted by molar-refractivity contribution is 0.676. The molecule has 0 radical (unpaired) electrons. The van der Waals surface area contributed by atoms with Crippen molar-refractivity contribution in [3.63, 3.8) is 0 Å². The molecule has 1 unspecified atom stereocenters. The lowest BCUT2D eigenvalue weighted by atomic mass is 10.1. The van der Waals surface area contributed by atoms with Crippen molar-refractivity contribution >= 4 is 0 Å². The van der Waals surface area contributed by atoms with Gasteiger partial charge >= 0.3 is 0 Å². The number of aryl methyl sites for hydroxylation is 1. The minimum Gasteiger partial charge on any atom is -0.319 e. The molecule has 0 amide bonds. The Morgan fingerprint density at radius 3 is 2.91 bits per heavy atom. The van der Waals surface area contributed by atoms with Gasteiger partial charge in [0, 0.05) is 19.8 Å². The summed E-state index contributed by atoms with van der Waals surface area (Å²) in [7, 11) is 3.91. The number of hydrogen-bond acceptors (Lipinski definition) is 2. The Bertz CT molecular complexity index is 217. The summed E-state index contributed by atoms with van der Waals surface area (Å²) in [6.45, 7) is 3.19. The first kappa shape index (κ1) is 8.27. The number of nitrogens with zero attached hydrogens (tertiary/aromatic N) is 2. The summed E-state index contributed by atoms with van der Waals surface area (Å²) < 4.78 is 1.83. The second kappa shape index (κ2) is 3.53. The summed E-state index contributed by atoms with van der Waals surface area (Å²) in [6.07, 6.45) is 3.98. The van der Waals surface area contributed by atoms with E-state index in [1.54, 1.807) is 0 Å². The quantitative estimate of drug-likeness (QED) is 0.694. The SMILES string of the molecule is CNCC(C)c1cnn(C)c1. The van der Waals surface area contributed by atoms with Gasteiger partial charge in [-0.15, -0.1) is 0 Å². The Balaban J connectivity index is 2.60. The Labute approximate surface area is 67.4 Å². The molecule has 0 aliphatic carbocycles. The molecule has 1 N–H and O–H groups in total. The third-order valence-corrected chi connectivity index (χ3v) is 1.80. The van der Waals surface area contributed by atoms with Gasteiger partial charge in [0.05, 0.1) is 6.20 Å². The second-order valence-corrected chi connectivity index (χ2v) is 2.91. The monoisotopic (exact) mass is 153 g/mol. The van der Waals surface area contributed by atoms with Gasteiger partial charge < -0.3 is 5.32 Å². The van der Waals surface area contributed by atoms with E-state index in [2.05, 4.69) is 23.5 Å². The van der Waals surface area contributed by atoms with Gasteiger partial charge in [-0.1, -0.05) is 6.92 Å². The Morgan fingerprint density at radius 1 is 1.73 bits per heavy atom. The van der Waals surface area contributed by atoms with Gasteiger partial charge in [-0.05, 0) is 18.5 Å². The van der Waals surface area contributed by atoms with Crippen molar-refractivity contribution in [1.82, 2.24) is 15.1 Å². The fraction of sp³-hybridized carbons (Fsp3) is 0.625. The van der Waals surface area contributed by atoms with Crippen LogP contribution in [0.3, 0.4) is 0 Å².